The molecule has 10 heteroatoms. The van der Waals surface area contributed by atoms with Gasteiger partial charge >= 0.3 is 0 Å². The summed E-state index contributed by atoms with van der Waals surface area (Å²) in [7, 11) is -4.35. The lowest BCUT2D eigenvalue weighted by Crippen LogP contribution is -2.15. The van der Waals surface area contributed by atoms with Gasteiger partial charge < -0.3 is 0 Å². The molecule has 0 aliphatic rings. The molecule has 0 bridgehead atoms. The van der Waals surface area contributed by atoms with E-state index in [0.29, 0.717) is 0 Å². The van der Waals surface area contributed by atoms with Crippen molar-refractivity contribution in [1.82, 2.24) is 10.3 Å². The number of nitrogens with one attached hydrogen (secondary N) is 1. The maximum Gasteiger partial charge on any atom is 0.264 e. The van der Waals surface area contributed by atoms with Crippen LogP contribution in [0.15, 0.2) is 39.9 Å². The third-order valence-electron chi connectivity index (χ3n) is 2.81. The van der Waals surface area contributed by atoms with E-state index in [-0.39, 0.29) is 11.0 Å². The van der Waals surface area contributed by atoms with E-state index in [4.69, 9.17) is 0 Å². The zero-order valence-electron chi connectivity index (χ0n) is 10.5. The third-order valence-corrected chi connectivity index (χ3v) is 4.21. The topological polar surface area (TPSA) is 85.1 Å². The molecule has 6 nitrogen and oxygen atoms in total. The minimum atomic E-state index is -4.35. The van der Waals surface area contributed by atoms with Crippen molar-refractivity contribution in [2.75, 3.05) is 4.72 Å². The van der Waals surface area contributed by atoms with E-state index in [1.165, 1.54) is 0 Å². The Morgan fingerprint density at radius 2 is 1.68 bits per heavy atom. The monoisotopic (exact) mass is 329 g/mol. The van der Waals surface area contributed by atoms with Crippen LogP contribution in [-0.4, -0.2) is 18.7 Å². The van der Waals surface area contributed by atoms with Gasteiger partial charge in [-0.05, 0) is 34.6 Å². The van der Waals surface area contributed by atoms with Crippen LogP contribution in [0.2, 0.25) is 0 Å². The van der Waals surface area contributed by atoms with E-state index < -0.39 is 38.1 Å². The van der Waals surface area contributed by atoms with E-state index in [2.05, 4.69) is 14.9 Å². The Morgan fingerprint density at radius 1 is 0.955 bits per heavy atom. The van der Waals surface area contributed by atoms with Crippen LogP contribution in [0, 0.1) is 17.5 Å². The van der Waals surface area contributed by atoms with E-state index in [9.17, 15) is 21.6 Å². The molecular weight excluding hydrogens is 323 g/mol. The van der Waals surface area contributed by atoms with E-state index >= 15 is 0 Å². The Morgan fingerprint density at radius 3 is 2.45 bits per heavy atom. The number of aromatic nitrogens is 2. The van der Waals surface area contributed by atoms with Crippen molar-refractivity contribution in [3.63, 3.8) is 0 Å². The van der Waals surface area contributed by atoms with Crippen LogP contribution in [-0.2, 0) is 10.0 Å². The average molecular weight is 329 g/mol. The highest BCUT2D eigenvalue weighted by atomic mass is 32.2. The van der Waals surface area contributed by atoms with Gasteiger partial charge in [-0.2, -0.15) is 0 Å². The average Bonchev–Trinajstić information content (AvgIpc) is 2.94. The molecule has 0 aliphatic heterocycles. The largest absolute Gasteiger partial charge is 0.276 e. The van der Waals surface area contributed by atoms with Crippen molar-refractivity contribution in [1.29, 1.82) is 0 Å². The molecule has 1 heterocycles. The highest BCUT2D eigenvalue weighted by Crippen LogP contribution is 2.26. The van der Waals surface area contributed by atoms with Crippen molar-refractivity contribution >= 4 is 26.7 Å². The van der Waals surface area contributed by atoms with Crippen LogP contribution in [0.1, 0.15) is 0 Å². The molecule has 0 aliphatic carbocycles. The first-order valence-electron chi connectivity index (χ1n) is 5.78. The SMILES string of the molecule is O=S(=O)(Nc1cccc(F)c1F)c1ccc(F)c2nonc12. The maximum atomic E-state index is 13.6. The fourth-order valence-electron chi connectivity index (χ4n) is 1.81. The molecule has 0 amide bonds. The van der Waals surface area contributed by atoms with Gasteiger partial charge in [0.25, 0.3) is 10.0 Å². The summed E-state index contributed by atoms with van der Waals surface area (Å²) in [6.07, 6.45) is 0. The molecule has 22 heavy (non-hydrogen) atoms. The number of halogens is 3. The summed E-state index contributed by atoms with van der Waals surface area (Å²) in [6, 6.07) is 4.78. The first kappa shape index (κ1) is 14.3. The fraction of sp³-hybridized carbons (Fsp3) is 0. The minimum Gasteiger partial charge on any atom is -0.276 e. The van der Waals surface area contributed by atoms with Crippen LogP contribution in [0.3, 0.4) is 0 Å². The standard InChI is InChI=1S/C12H6F3N3O3S/c13-6-2-1-3-8(10(6)15)18-22(19,20)9-5-4-7(14)11-12(9)17-21-16-11/h1-5,18H. The fourth-order valence-corrected chi connectivity index (χ4v) is 3.01. The lowest BCUT2D eigenvalue weighted by molar-refractivity contribution is 0.314. The lowest BCUT2D eigenvalue weighted by Gasteiger charge is -2.09. The summed E-state index contributed by atoms with van der Waals surface area (Å²) in [4.78, 5) is -0.478. The van der Waals surface area contributed by atoms with Gasteiger partial charge in [-0.25, -0.2) is 26.2 Å². The number of rotatable bonds is 3. The normalized spacial score (nSPS) is 11.8. The van der Waals surface area contributed by atoms with Crippen molar-refractivity contribution in [3.8, 4) is 0 Å². The van der Waals surface area contributed by atoms with Gasteiger partial charge in [0, 0.05) is 0 Å². The molecule has 0 fully saturated rings. The summed E-state index contributed by atoms with van der Waals surface area (Å²) in [5, 5.41) is 6.56. The zero-order valence-corrected chi connectivity index (χ0v) is 11.4. The molecule has 0 atom stereocenters. The minimum absolute atomic E-state index is 0.357. The Hall–Kier alpha value is -2.62. The molecule has 1 aromatic heterocycles. The van der Waals surface area contributed by atoms with Crippen LogP contribution in [0.5, 0.6) is 0 Å². The molecule has 0 saturated heterocycles. The van der Waals surface area contributed by atoms with Crippen LogP contribution < -0.4 is 4.72 Å². The molecule has 0 spiro atoms. The lowest BCUT2D eigenvalue weighted by atomic mass is 10.3. The van der Waals surface area contributed by atoms with Crippen LogP contribution >= 0.6 is 0 Å². The molecule has 0 radical (unpaired) electrons. The van der Waals surface area contributed by atoms with Gasteiger partial charge in [0.1, 0.15) is 4.90 Å². The highest BCUT2D eigenvalue weighted by molar-refractivity contribution is 7.93. The first-order valence-corrected chi connectivity index (χ1v) is 7.26. The van der Waals surface area contributed by atoms with Gasteiger partial charge in [-0.1, -0.05) is 6.07 Å². The van der Waals surface area contributed by atoms with Crippen molar-refractivity contribution < 1.29 is 26.2 Å². The number of anilines is 1. The van der Waals surface area contributed by atoms with Crippen molar-refractivity contribution in [3.05, 3.63) is 47.8 Å². The molecular formula is C12H6F3N3O3S. The summed E-state index contributed by atoms with van der Waals surface area (Å²) >= 11 is 0. The number of benzene rings is 2. The number of sulfonamides is 1. The van der Waals surface area contributed by atoms with Gasteiger partial charge in [-0.15, -0.1) is 0 Å². The first-order chi connectivity index (χ1) is 10.4. The summed E-state index contributed by atoms with van der Waals surface area (Å²) in [5.41, 5.74) is -1.33. The number of nitrogens with zero attached hydrogens (tertiary/aromatic N) is 2. The predicted octanol–water partition coefficient (Wildman–Crippen LogP) is 2.44. The summed E-state index contributed by atoms with van der Waals surface area (Å²) in [6.45, 7) is 0. The Kier molecular flexibility index (Phi) is 3.24. The Bertz CT molecular complexity index is 972. The smallest absolute Gasteiger partial charge is 0.264 e. The molecule has 0 saturated carbocycles. The van der Waals surface area contributed by atoms with Gasteiger partial charge in [-0.3, -0.25) is 4.72 Å². The van der Waals surface area contributed by atoms with E-state index in [1.54, 1.807) is 0 Å². The number of fused-ring (bicyclic) bond motifs is 1. The number of hydrogen-bond acceptors (Lipinski definition) is 5. The Labute approximate surface area is 121 Å². The second kappa shape index (κ2) is 4.98. The van der Waals surface area contributed by atoms with Crippen LogP contribution in [0.25, 0.3) is 11.0 Å². The van der Waals surface area contributed by atoms with E-state index in [1.807, 2.05) is 4.72 Å². The third kappa shape index (κ3) is 2.26. The van der Waals surface area contributed by atoms with E-state index in [0.717, 1.165) is 30.3 Å². The van der Waals surface area contributed by atoms with Crippen molar-refractivity contribution in [2.45, 2.75) is 4.90 Å². The second-order valence-corrected chi connectivity index (χ2v) is 5.86. The molecule has 3 aromatic rings. The molecule has 114 valence electrons. The molecule has 3 rings (SSSR count). The van der Waals surface area contributed by atoms with Crippen molar-refractivity contribution in [2.24, 2.45) is 0 Å². The summed E-state index contributed by atoms with van der Waals surface area (Å²) in [5.74, 6) is -3.40. The predicted molar refractivity (Wildman–Crippen MR) is 68.9 cm³/mol. The highest BCUT2D eigenvalue weighted by Gasteiger charge is 2.24. The van der Waals surface area contributed by atoms with Gasteiger partial charge in [0.2, 0.25) is 0 Å². The van der Waals surface area contributed by atoms with Crippen LogP contribution in [0.4, 0.5) is 18.9 Å². The quantitative estimate of drug-likeness (QED) is 0.798. The maximum absolute atomic E-state index is 13.6. The Balaban J connectivity index is 2.11. The number of hydrogen-bond donors (Lipinski definition) is 1. The van der Waals surface area contributed by atoms with Gasteiger partial charge in [0.15, 0.2) is 28.5 Å². The summed E-state index contributed by atoms with van der Waals surface area (Å²) < 4.78 is 70.8. The molecule has 2 aromatic carbocycles. The zero-order chi connectivity index (χ0) is 15.9. The van der Waals surface area contributed by atoms with Gasteiger partial charge in [0.05, 0.1) is 5.69 Å². The molecule has 0 unspecified atom stereocenters. The second-order valence-electron chi connectivity index (χ2n) is 4.21. The molecule has 1 N–H and O–H groups in total.